The predicted octanol–water partition coefficient (Wildman–Crippen LogP) is 7.33. The summed E-state index contributed by atoms with van der Waals surface area (Å²) in [5.74, 6) is 0. The van der Waals surface area contributed by atoms with Crippen LogP contribution in [-0.2, 0) is 20.9 Å². The van der Waals surface area contributed by atoms with Gasteiger partial charge in [0.05, 0.1) is 13.2 Å². The summed E-state index contributed by atoms with van der Waals surface area (Å²) in [5, 5.41) is 0. The smallest absolute Gasteiger partial charge is 0.247 e. The van der Waals surface area contributed by atoms with E-state index in [1.165, 1.54) is 64.2 Å². The highest BCUT2D eigenvalue weighted by Gasteiger charge is 2.16. The number of unbranched alkanes of at least 4 members (excludes halogenated alkanes) is 10. The average Bonchev–Trinajstić information content (AvgIpc) is 2.53. The normalized spacial score (nSPS) is 12.0. The molecular formula is C17H37O2PS2. The van der Waals surface area contributed by atoms with Crippen LogP contribution in [0.2, 0.25) is 0 Å². The largest absolute Gasteiger partial charge is 0.322 e. The van der Waals surface area contributed by atoms with Gasteiger partial charge in [0.15, 0.2) is 0 Å². The molecule has 0 unspecified atom stereocenters. The molecule has 0 atom stereocenters. The second-order valence-corrected chi connectivity index (χ2v) is 12.3. The van der Waals surface area contributed by atoms with Crippen molar-refractivity contribution < 1.29 is 9.05 Å². The minimum Gasteiger partial charge on any atom is -0.322 e. The Labute approximate surface area is 148 Å². The van der Waals surface area contributed by atoms with E-state index in [9.17, 15) is 0 Å². The van der Waals surface area contributed by atoms with Gasteiger partial charge < -0.3 is 9.05 Å². The van der Waals surface area contributed by atoms with Gasteiger partial charge in [-0.15, -0.1) is 0 Å². The maximum atomic E-state index is 5.90. The second kappa shape index (κ2) is 16.8. The molecule has 0 heterocycles. The molecule has 0 aromatic rings. The first kappa shape index (κ1) is 22.9. The van der Waals surface area contributed by atoms with Crippen molar-refractivity contribution in [1.82, 2.24) is 0 Å². The first-order chi connectivity index (χ1) is 10.7. The molecule has 0 bridgehead atoms. The SMILES string of the molecule is CCCCCCCCOP(=S)(OCCCCCCCC)SC. The molecule has 0 spiro atoms. The second-order valence-electron chi connectivity index (χ2n) is 5.83. The van der Waals surface area contributed by atoms with E-state index in [1.807, 2.05) is 6.26 Å². The highest BCUT2D eigenvalue weighted by atomic mass is 32.9. The van der Waals surface area contributed by atoms with Crippen LogP contribution < -0.4 is 0 Å². The molecule has 0 rings (SSSR count). The lowest BCUT2D eigenvalue weighted by Gasteiger charge is -2.19. The molecule has 0 fully saturated rings. The lowest BCUT2D eigenvalue weighted by molar-refractivity contribution is 0.249. The Morgan fingerprint density at radius 3 is 1.41 bits per heavy atom. The van der Waals surface area contributed by atoms with Crippen molar-refractivity contribution in [2.24, 2.45) is 0 Å². The maximum absolute atomic E-state index is 5.90. The average molecular weight is 369 g/mol. The van der Waals surface area contributed by atoms with E-state index in [2.05, 4.69) is 13.8 Å². The van der Waals surface area contributed by atoms with Gasteiger partial charge in [-0.2, -0.15) is 0 Å². The van der Waals surface area contributed by atoms with E-state index in [-0.39, 0.29) is 0 Å². The summed E-state index contributed by atoms with van der Waals surface area (Å²) in [6.45, 7) is 6.03. The minimum atomic E-state index is -2.07. The third-order valence-electron chi connectivity index (χ3n) is 3.72. The molecule has 0 aliphatic carbocycles. The van der Waals surface area contributed by atoms with Crippen molar-refractivity contribution in [3.05, 3.63) is 0 Å². The molecule has 0 aliphatic heterocycles. The van der Waals surface area contributed by atoms with Crippen molar-refractivity contribution in [3.8, 4) is 0 Å². The fraction of sp³-hybridized carbons (Fsp3) is 1.00. The van der Waals surface area contributed by atoms with Crippen LogP contribution in [-0.4, -0.2) is 19.5 Å². The summed E-state index contributed by atoms with van der Waals surface area (Å²) in [4.78, 5) is 0. The molecule has 134 valence electrons. The Morgan fingerprint density at radius 1 is 0.682 bits per heavy atom. The van der Waals surface area contributed by atoms with E-state index < -0.39 is 5.69 Å². The van der Waals surface area contributed by atoms with Gasteiger partial charge in [0.25, 0.3) is 0 Å². The molecule has 0 amide bonds. The molecule has 0 aromatic heterocycles. The molecule has 0 aliphatic rings. The standard InChI is InChI=1S/C17H37O2PS2/c1-4-6-8-10-12-14-16-18-20(21,22-3)19-17-15-13-11-9-7-5-2/h4-17H2,1-3H3. The van der Waals surface area contributed by atoms with Gasteiger partial charge in [0.1, 0.15) is 0 Å². The monoisotopic (exact) mass is 368 g/mol. The van der Waals surface area contributed by atoms with Crippen LogP contribution in [0, 0.1) is 0 Å². The zero-order valence-corrected chi connectivity index (χ0v) is 17.5. The Morgan fingerprint density at radius 2 is 1.05 bits per heavy atom. The highest BCUT2D eigenvalue weighted by molar-refractivity contribution is 8.67. The summed E-state index contributed by atoms with van der Waals surface area (Å²) in [6.07, 6.45) is 17.4. The first-order valence-electron chi connectivity index (χ1n) is 9.13. The van der Waals surface area contributed by atoms with Crippen LogP contribution in [0.3, 0.4) is 0 Å². The molecule has 22 heavy (non-hydrogen) atoms. The van der Waals surface area contributed by atoms with Crippen molar-refractivity contribution in [2.45, 2.75) is 90.9 Å². The van der Waals surface area contributed by atoms with E-state index in [0.717, 1.165) is 26.1 Å². The molecule has 0 saturated carbocycles. The van der Waals surface area contributed by atoms with Crippen LogP contribution in [0.25, 0.3) is 0 Å². The van der Waals surface area contributed by atoms with Gasteiger partial charge in [0, 0.05) is 0 Å². The maximum Gasteiger partial charge on any atom is 0.247 e. The van der Waals surface area contributed by atoms with E-state index >= 15 is 0 Å². The first-order valence-corrected chi connectivity index (χ1v) is 13.6. The summed E-state index contributed by atoms with van der Waals surface area (Å²) < 4.78 is 11.8. The van der Waals surface area contributed by atoms with E-state index in [0.29, 0.717) is 0 Å². The van der Waals surface area contributed by atoms with Crippen molar-refractivity contribution in [2.75, 3.05) is 19.5 Å². The number of hydrogen-bond donors (Lipinski definition) is 0. The van der Waals surface area contributed by atoms with Gasteiger partial charge >= 0.3 is 0 Å². The summed E-state index contributed by atoms with van der Waals surface area (Å²) in [6, 6.07) is 0. The van der Waals surface area contributed by atoms with E-state index in [4.69, 9.17) is 20.9 Å². The molecule has 0 radical (unpaired) electrons. The zero-order chi connectivity index (χ0) is 16.5. The van der Waals surface area contributed by atoms with Crippen LogP contribution in [0.4, 0.5) is 0 Å². The number of hydrogen-bond acceptors (Lipinski definition) is 4. The van der Waals surface area contributed by atoms with Crippen LogP contribution in [0.5, 0.6) is 0 Å². The van der Waals surface area contributed by atoms with Crippen LogP contribution in [0.15, 0.2) is 0 Å². The van der Waals surface area contributed by atoms with Gasteiger partial charge in [-0.25, -0.2) is 0 Å². The van der Waals surface area contributed by atoms with Crippen molar-refractivity contribution in [1.29, 1.82) is 0 Å². The Balaban J connectivity index is 3.57. The summed E-state index contributed by atoms with van der Waals surface area (Å²) >= 11 is 7.17. The van der Waals surface area contributed by atoms with Gasteiger partial charge in [-0.3, -0.25) is 0 Å². The van der Waals surface area contributed by atoms with Crippen molar-refractivity contribution in [3.63, 3.8) is 0 Å². The lowest BCUT2D eigenvalue weighted by atomic mass is 10.1. The summed E-state index contributed by atoms with van der Waals surface area (Å²) in [5.41, 5.74) is -2.07. The predicted molar refractivity (Wildman–Crippen MR) is 106 cm³/mol. The van der Waals surface area contributed by atoms with Crippen molar-refractivity contribution >= 4 is 28.9 Å². The molecule has 0 aromatic carbocycles. The fourth-order valence-electron chi connectivity index (χ4n) is 2.26. The minimum absolute atomic E-state index is 0.765. The molecule has 5 heteroatoms. The number of rotatable bonds is 17. The Hall–Kier alpha value is 0.920. The Bertz CT molecular complexity index is 253. The quantitative estimate of drug-likeness (QED) is 0.197. The zero-order valence-electron chi connectivity index (χ0n) is 15.0. The third-order valence-corrected chi connectivity index (χ3v) is 9.11. The lowest BCUT2D eigenvalue weighted by Crippen LogP contribution is -1.97. The van der Waals surface area contributed by atoms with Crippen LogP contribution >= 0.6 is 17.1 Å². The molecule has 2 nitrogen and oxygen atoms in total. The Kier molecular flexibility index (Phi) is 17.5. The van der Waals surface area contributed by atoms with Gasteiger partial charge in [-0.1, -0.05) is 89.4 Å². The van der Waals surface area contributed by atoms with Gasteiger partial charge in [0.2, 0.25) is 5.69 Å². The summed E-state index contributed by atoms with van der Waals surface area (Å²) in [7, 11) is 0. The van der Waals surface area contributed by atoms with E-state index in [1.54, 1.807) is 11.4 Å². The molecular weight excluding hydrogens is 331 g/mol. The topological polar surface area (TPSA) is 18.5 Å². The molecule has 0 saturated heterocycles. The van der Waals surface area contributed by atoms with Crippen LogP contribution in [0.1, 0.15) is 90.9 Å². The fourth-order valence-corrected chi connectivity index (χ4v) is 4.78. The third kappa shape index (κ3) is 14.5. The highest BCUT2D eigenvalue weighted by Crippen LogP contribution is 2.59. The van der Waals surface area contributed by atoms with Gasteiger partial charge in [-0.05, 0) is 30.9 Å². The molecule has 0 N–H and O–H groups in total.